The number of fused-ring (bicyclic) bond motifs is 1. The standard InChI is InChI=1S/C19H20N6O/c1-12(26)21-16-10-15-14(11-20-16)19(13-6-7-13)23-25(15)18-5-2-4-17(22-18)24-8-3-9-24/h2,4-5,10-11,13H,3,6-9H2,1H3,(H,20,21,26). The third-order valence-electron chi connectivity index (χ3n) is 4.98. The first-order valence-corrected chi connectivity index (χ1v) is 9.08. The van der Waals surface area contributed by atoms with Gasteiger partial charge in [0, 0.05) is 43.6 Å². The predicted octanol–water partition coefficient (Wildman–Crippen LogP) is 2.86. The molecule has 0 atom stereocenters. The van der Waals surface area contributed by atoms with Gasteiger partial charge in [-0.3, -0.25) is 4.79 Å². The van der Waals surface area contributed by atoms with Crippen LogP contribution in [0.15, 0.2) is 30.5 Å². The molecule has 1 saturated heterocycles. The van der Waals surface area contributed by atoms with Crippen molar-refractivity contribution in [2.45, 2.75) is 32.1 Å². The largest absolute Gasteiger partial charge is 0.356 e. The fourth-order valence-corrected chi connectivity index (χ4v) is 3.37. The van der Waals surface area contributed by atoms with Crippen molar-refractivity contribution in [1.29, 1.82) is 0 Å². The van der Waals surface area contributed by atoms with Gasteiger partial charge >= 0.3 is 0 Å². The number of rotatable bonds is 4. The van der Waals surface area contributed by atoms with Crippen molar-refractivity contribution in [3.8, 4) is 5.82 Å². The lowest BCUT2D eigenvalue weighted by molar-refractivity contribution is -0.114. The Kier molecular flexibility index (Phi) is 3.41. The zero-order chi connectivity index (χ0) is 17.7. The number of nitrogens with zero attached hydrogens (tertiary/aromatic N) is 5. The summed E-state index contributed by atoms with van der Waals surface area (Å²) in [4.78, 5) is 22.9. The van der Waals surface area contributed by atoms with E-state index in [0.717, 1.165) is 41.3 Å². The predicted molar refractivity (Wildman–Crippen MR) is 99.8 cm³/mol. The van der Waals surface area contributed by atoms with E-state index in [9.17, 15) is 4.79 Å². The van der Waals surface area contributed by atoms with Crippen LogP contribution in [0.2, 0.25) is 0 Å². The monoisotopic (exact) mass is 348 g/mol. The van der Waals surface area contributed by atoms with Crippen molar-refractivity contribution in [1.82, 2.24) is 19.7 Å². The van der Waals surface area contributed by atoms with Gasteiger partial charge < -0.3 is 10.2 Å². The first-order valence-electron chi connectivity index (χ1n) is 9.08. The highest BCUT2D eigenvalue weighted by molar-refractivity contribution is 5.91. The van der Waals surface area contributed by atoms with Crippen molar-refractivity contribution < 1.29 is 4.79 Å². The minimum atomic E-state index is -0.136. The SMILES string of the molecule is CC(=O)Nc1cc2c(cn1)c(C1CC1)nn2-c1cccc(N2CCC2)n1. The maximum absolute atomic E-state index is 11.4. The molecule has 3 aromatic heterocycles. The molecule has 1 saturated carbocycles. The number of hydrogen-bond donors (Lipinski definition) is 1. The summed E-state index contributed by atoms with van der Waals surface area (Å²) >= 11 is 0. The van der Waals surface area contributed by atoms with E-state index in [0.29, 0.717) is 11.7 Å². The van der Waals surface area contributed by atoms with Crippen LogP contribution in [0.1, 0.15) is 37.8 Å². The van der Waals surface area contributed by atoms with Gasteiger partial charge in [0.25, 0.3) is 0 Å². The summed E-state index contributed by atoms with van der Waals surface area (Å²) in [7, 11) is 0. The number of pyridine rings is 2. The van der Waals surface area contributed by atoms with E-state index < -0.39 is 0 Å². The number of anilines is 2. The summed E-state index contributed by atoms with van der Waals surface area (Å²) in [6.07, 6.45) is 5.37. The fourth-order valence-electron chi connectivity index (χ4n) is 3.37. The summed E-state index contributed by atoms with van der Waals surface area (Å²) < 4.78 is 1.89. The van der Waals surface area contributed by atoms with Crippen molar-refractivity contribution in [2.75, 3.05) is 23.3 Å². The van der Waals surface area contributed by atoms with E-state index in [1.165, 1.54) is 26.2 Å². The van der Waals surface area contributed by atoms with Crippen LogP contribution in [0.25, 0.3) is 16.7 Å². The van der Waals surface area contributed by atoms with E-state index in [2.05, 4.69) is 15.2 Å². The molecule has 0 unspecified atom stereocenters. The van der Waals surface area contributed by atoms with E-state index in [-0.39, 0.29) is 5.91 Å². The van der Waals surface area contributed by atoms with Crippen molar-refractivity contribution >= 4 is 28.4 Å². The molecule has 1 N–H and O–H groups in total. The highest BCUT2D eigenvalue weighted by Crippen LogP contribution is 2.43. The van der Waals surface area contributed by atoms with Gasteiger partial charge in [-0.1, -0.05) is 6.07 Å². The normalized spacial score (nSPS) is 16.6. The molecule has 3 aromatic rings. The van der Waals surface area contributed by atoms with Gasteiger partial charge in [0.05, 0.1) is 11.2 Å². The Morgan fingerprint density at radius 2 is 2.04 bits per heavy atom. The van der Waals surface area contributed by atoms with Gasteiger partial charge in [0.1, 0.15) is 11.6 Å². The molecule has 1 aliphatic carbocycles. The molecule has 1 aliphatic heterocycles. The number of nitrogens with one attached hydrogen (secondary N) is 1. The third kappa shape index (κ3) is 2.60. The van der Waals surface area contributed by atoms with Crippen LogP contribution in [0.5, 0.6) is 0 Å². The van der Waals surface area contributed by atoms with Gasteiger partial charge in [-0.2, -0.15) is 5.10 Å². The topological polar surface area (TPSA) is 75.9 Å². The second kappa shape index (κ2) is 5.79. The maximum Gasteiger partial charge on any atom is 0.222 e. The van der Waals surface area contributed by atoms with E-state index in [1.807, 2.05) is 35.1 Å². The molecule has 0 aromatic carbocycles. The number of hydrogen-bond acceptors (Lipinski definition) is 5. The Morgan fingerprint density at radius 3 is 2.73 bits per heavy atom. The van der Waals surface area contributed by atoms with Crippen LogP contribution in [0, 0.1) is 0 Å². The smallest absolute Gasteiger partial charge is 0.222 e. The van der Waals surface area contributed by atoms with Crippen molar-refractivity contribution in [2.24, 2.45) is 0 Å². The summed E-state index contributed by atoms with van der Waals surface area (Å²) in [5.74, 6) is 2.69. The highest BCUT2D eigenvalue weighted by Gasteiger charge is 2.30. The summed E-state index contributed by atoms with van der Waals surface area (Å²) in [6, 6.07) is 7.93. The van der Waals surface area contributed by atoms with Crippen LogP contribution < -0.4 is 10.2 Å². The minimum absolute atomic E-state index is 0.136. The van der Waals surface area contributed by atoms with E-state index >= 15 is 0 Å². The molecule has 2 aliphatic rings. The summed E-state index contributed by atoms with van der Waals surface area (Å²) in [5.41, 5.74) is 2.01. The van der Waals surface area contributed by atoms with Gasteiger partial charge in [-0.05, 0) is 31.4 Å². The Hall–Kier alpha value is -2.96. The molecule has 132 valence electrons. The van der Waals surface area contributed by atoms with Gasteiger partial charge in [-0.15, -0.1) is 0 Å². The van der Waals surface area contributed by atoms with Crippen LogP contribution in [0.4, 0.5) is 11.6 Å². The molecule has 7 nitrogen and oxygen atoms in total. The average molecular weight is 348 g/mol. The lowest BCUT2D eigenvalue weighted by Crippen LogP contribution is -2.37. The van der Waals surface area contributed by atoms with E-state index in [1.54, 1.807) is 0 Å². The first-order chi connectivity index (χ1) is 12.7. The molecular weight excluding hydrogens is 328 g/mol. The van der Waals surface area contributed by atoms with Crippen LogP contribution in [-0.4, -0.2) is 38.7 Å². The van der Waals surface area contributed by atoms with Gasteiger partial charge in [-0.25, -0.2) is 14.6 Å². The zero-order valence-corrected chi connectivity index (χ0v) is 14.6. The van der Waals surface area contributed by atoms with Crippen LogP contribution in [0.3, 0.4) is 0 Å². The second-order valence-electron chi connectivity index (χ2n) is 7.03. The Labute approximate surface area is 151 Å². The van der Waals surface area contributed by atoms with Crippen LogP contribution >= 0.6 is 0 Å². The Bertz CT molecular complexity index is 1000. The third-order valence-corrected chi connectivity index (χ3v) is 4.98. The van der Waals surface area contributed by atoms with Gasteiger partial charge in [0.2, 0.25) is 5.91 Å². The second-order valence-corrected chi connectivity index (χ2v) is 7.03. The number of amides is 1. The van der Waals surface area contributed by atoms with Crippen LogP contribution in [-0.2, 0) is 4.79 Å². The first kappa shape index (κ1) is 15.3. The minimum Gasteiger partial charge on any atom is -0.356 e. The number of carbonyl (C=O) groups excluding carboxylic acids is 1. The molecule has 7 heteroatoms. The lowest BCUT2D eigenvalue weighted by atomic mass is 10.2. The molecule has 1 amide bonds. The Balaban J connectivity index is 1.64. The molecule has 5 rings (SSSR count). The van der Waals surface area contributed by atoms with Gasteiger partial charge in [0.15, 0.2) is 5.82 Å². The molecule has 26 heavy (non-hydrogen) atoms. The summed E-state index contributed by atoms with van der Waals surface area (Å²) in [6.45, 7) is 3.59. The molecule has 0 radical (unpaired) electrons. The molecule has 2 fully saturated rings. The fraction of sp³-hybridized carbons (Fsp3) is 0.368. The Morgan fingerprint density at radius 1 is 1.23 bits per heavy atom. The molecular formula is C19H20N6O. The van der Waals surface area contributed by atoms with E-state index in [4.69, 9.17) is 10.1 Å². The number of carbonyl (C=O) groups is 1. The summed E-state index contributed by atoms with van der Waals surface area (Å²) in [5, 5.41) is 8.67. The average Bonchev–Trinajstić information content (AvgIpc) is 3.34. The molecule has 4 heterocycles. The van der Waals surface area contributed by atoms with Crippen molar-refractivity contribution in [3.05, 3.63) is 36.2 Å². The maximum atomic E-state index is 11.4. The highest BCUT2D eigenvalue weighted by atomic mass is 16.1. The zero-order valence-electron chi connectivity index (χ0n) is 14.6. The quantitative estimate of drug-likeness (QED) is 0.785. The molecule has 0 spiro atoms. The lowest BCUT2D eigenvalue weighted by Gasteiger charge is -2.32. The molecule has 0 bridgehead atoms. The van der Waals surface area contributed by atoms with Crippen molar-refractivity contribution in [3.63, 3.8) is 0 Å². The number of aromatic nitrogens is 4.